The standard InChI is InChI=1S/C65H78ClN9O7S2/c1-65(46-73-31-29-71(30-32-73)42-47-8-21-59-50(40-47)44-75(64(59)79)60-22-23-61(76)68-63(60)78)26-24-58(48-9-13-52(66)14-10-48)51(41-65)43-72-33-35-74(36-34-72)55-17-11-49(12-18-55)62(77)69-84(80,81)57-19-15-53(16-20-57)67-54(45-83-56-6-3-2-4-7-56)25-28-70-27-5-38-82-39-37-70/h2-4,6-21,40,54,60,67H,5,22-39,41-46H2,1H3,(H,69,77)(H,68,76,78)/t54-,60?,65-/m1/s1. The zero-order valence-corrected chi connectivity index (χ0v) is 50.5. The Kier molecular flexibility index (Phi) is 19.2. The lowest BCUT2D eigenvalue weighted by Gasteiger charge is -2.44. The normalized spacial score (nSPS) is 21.9. The van der Waals surface area contributed by atoms with E-state index in [1.807, 2.05) is 54.6 Å². The zero-order valence-electron chi connectivity index (χ0n) is 48.1. The van der Waals surface area contributed by atoms with Gasteiger partial charge in [0, 0.05) is 155 Å². The van der Waals surface area contributed by atoms with Gasteiger partial charge in [0.05, 0.1) is 11.5 Å². The van der Waals surface area contributed by atoms with Crippen LogP contribution in [-0.2, 0) is 37.4 Å². The lowest BCUT2D eigenvalue weighted by Crippen LogP contribution is -2.52. The van der Waals surface area contributed by atoms with E-state index in [0.717, 1.165) is 170 Å². The van der Waals surface area contributed by atoms with Crippen molar-refractivity contribution in [2.45, 2.75) is 86.8 Å². The highest BCUT2D eigenvalue weighted by molar-refractivity contribution is 7.99. The predicted molar refractivity (Wildman–Crippen MR) is 332 cm³/mol. The molecule has 4 fully saturated rings. The molecule has 0 saturated carbocycles. The maximum atomic E-state index is 13.6. The van der Waals surface area contributed by atoms with Crippen molar-refractivity contribution in [1.82, 2.24) is 34.5 Å². The molecule has 1 unspecified atom stereocenters. The Morgan fingerprint density at radius 3 is 2.26 bits per heavy atom. The fourth-order valence-electron chi connectivity index (χ4n) is 13.0. The van der Waals surface area contributed by atoms with E-state index in [1.54, 1.807) is 53.1 Å². The summed E-state index contributed by atoms with van der Waals surface area (Å²) in [4.78, 5) is 66.5. The summed E-state index contributed by atoms with van der Waals surface area (Å²) in [7, 11) is -4.14. The molecule has 3 atom stereocenters. The minimum absolute atomic E-state index is 0.0224. The fourth-order valence-corrected chi connectivity index (χ4v) is 15.1. The average molecular weight is 1200 g/mol. The molecule has 5 heterocycles. The van der Waals surface area contributed by atoms with Crippen LogP contribution >= 0.6 is 23.4 Å². The first kappa shape index (κ1) is 59.6. The van der Waals surface area contributed by atoms with Crippen molar-refractivity contribution in [3.05, 3.63) is 160 Å². The van der Waals surface area contributed by atoms with Crippen molar-refractivity contribution >= 4 is 74.0 Å². The maximum Gasteiger partial charge on any atom is 0.264 e. The Morgan fingerprint density at radius 1 is 0.786 bits per heavy atom. The van der Waals surface area contributed by atoms with Gasteiger partial charge in [0.25, 0.3) is 21.8 Å². The van der Waals surface area contributed by atoms with Crippen LogP contribution in [0.2, 0.25) is 5.02 Å². The van der Waals surface area contributed by atoms with E-state index in [4.69, 9.17) is 16.3 Å². The molecule has 444 valence electrons. The van der Waals surface area contributed by atoms with Crippen LogP contribution in [0.25, 0.3) is 5.57 Å². The number of anilines is 2. The minimum atomic E-state index is -4.14. The first-order chi connectivity index (χ1) is 40.7. The van der Waals surface area contributed by atoms with Crippen LogP contribution in [0.4, 0.5) is 11.4 Å². The van der Waals surface area contributed by atoms with Crippen LogP contribution in [0.15, 0.2) is 137 Å². The van der Waals surface area contributed by atoms with Crippen LogP contribution < -0.4 is 20.3 Å². The number of rotatable bonds is 20. The fraction of sp³-hybridized carbons (Fsp3) is 0.446. The van der Waals surface area contributed by atoms with Crippen LogP contribution in [-0.4, -0.2) is 173 Å². The summed E-state index contributed by atoms with van der Waals surface area (Å²) < 4.78 is 35.1. The van der Waals surface area contributed by atoms with E-state index in [9.17, 15) is 27.6 Å². The summed E-state index contributed by atoms with van der Waals surface area (Å²) in [5.41, 5.74) is 9.12. The number of allylic oxidation sites excluding steroid dienone is 1. The van der Waals surface area contributed by atoms with Gasteiger partial charge >= 0.3 is 0 Å². The lowest BCUT2D eigenvalue weighted by atomic mass is 9.71. The monoisotopic (exact) mass is 1200 g/mol. The number of thioether (sulfide) groups is 1. The maximum absolute atomic E-state index is 13.6. The number of fused-ring (bicyclic) bond motifs is 1. The number of benzene rings is 5. The molecule has 4 amide bonds. The van der Waals surface area contributed by atoms with E-state index < -0.39 is 22.0 Å². The van der Waals surface area contributed by atoms with Crippen molar-refractivity contribution in [1.29, 1.82) is 0 Å². The summed E-state index contributed by atoms with van der Waals surface area (Å²) >= 11 is 8.19. The summed E-state index contributed by atoms with van der Waals surface area (Å²) in [5, 5.41) is 6.78. The third-order valence-electron chi connectivity index (χ3n) is 17.6. The Morgan fingerprint density at radius 2 is 1.51 bits per heavy atom. The molecule has 11 rings (SSSR count). The number of nitrogens with one attached hydrogen (secondary N) is 3. The lowest BCUT2D eigenvalue weighted by molar-refractivity contribution is -0.136. The first-order valence-corrected chi connectivity index (χ1v) is 32.7. The number of carbonyl (C=O) groups is 4. The van der Waals surface area contributed by atoms with E-state index in [0.29, 0.717) is 18.5 Å². The largest absolute Gasteiger partial charge is 0.381 e. The zero-order chi connectivity index (χ0) is 58.2. The number of sulfonamides is 1. The summed E-state index contributed by atoms with van der Waals surface area (Å²) in [6.45, 7) is 17.3. The van der Waals surface area contributed by atoms with Crippen LogP contribution in [0.1, 0.15) is 89.3 Å². The summed E-state index contributed by atoms with van der Waals surface area (Å²) in [5.74, 6) is -0.644. The predicted octanol–water partition coefficient (Wildman–Crippen LogP) is 8.49. The van der Waals surface area contributed by atoms with Crippen LogP contribution in [0.5, 0.6) is 0 Å². The number of halogens is 1. The molecule has 5 aliphatic heterocycles. The number of amides is 4. The van der Waals surface area contributed by atoms with E-state index in [-0.39, 0.29) is 46.1 Å². The van der Waals surface area contributed by atoms with Gasteiger partial charge in [-0.3, -0.25) is 34.3 Å². The van der Waals surface area contributed by atoms with Gasteiger partial charge in [-0.2, -0.15) is 0 Å². The van der Waals surface area contributed by atoms with Gasteiger partial charge in [0.15, 0.2) is 0 Å². The van der Waals surface area contributed by atoms with Gasteiger partial charge < -0.3 is 29.7 Å². The quantitative estimate of drug-likeness (QED) is 0.0502. The van der Waals surface area contributed by atoms with Gasteiger partial charge in [-0.25, -0.2) is 13.1 Å². The third kappa shape index (κ3) is 15.1. The second kappa shape index (κ2) is 27.1. The van der Waals surface area contributed by atoms with E-state index in [2.05, 4.69) is 77.1 Å². The van der Waals surface area contributed by atoms with Gasteiger partial charge in [-0.15, -0.1) is 11.8 Å². The highest BCUT2D eigenvalue weighted by atomic mass is 35.5. The molecule has 0 aromatic heterocycles. The second-order valence-corrected chi connectivity index (χ2v) is 27.1. The van der Waals surface area contributed by atoms with Crippen LogP contribution in [0, 0.1) is 5.41 Å². The number of hydrogen-bond donors (Lipinski definition) is 3. The number of piperidine rings is 1. The highest BCUT2D eigenvalue weighted by Crippen LogP contribution is 2.44. The molecular formula is C65H78ClN9O7S2. The molecule has 0 spiro atoms. The third-order valence-corrected chi connectivity index (χ3v) is 20.4. The molecule has 19 heteroatoms. The number of imide groups is 1. The van der Waals surface area contributed by atoms with Crippen molar-refractivity contribution < 1.29 is 32.3 Å². The van der Waals surface area contributed by atoms with Gasteiger partial charge in [-0.1, -0.05) is 66.6 Å². The number of hydrogen-bond acceptors (Lipinski definition) is 14. The van der Waals surface area contributed by atoms with Gasteiger partial charge in [-0.05, 0) is 145 Å². The second-order valence-electron chi connectivity index (χ2n) is 23.9. The van der Waals surface area contributed by atoms with Crippen molar-refractivity contribution in [2.24, 2.45) is 5.41 Å². The Hall–Kier alpha value is -6.09. The summed E-state index contributed by atoms with van der Waals surface area (Å²) in [6.07, 6.45) is 5.67. The Labute approximate surface area is 504 Å². The van der Waals surface area contributed by atoms with E-state index >= 15 is 0 Å². The topological polar surface area (TPSA) is 167 Å². The molecule has 4 saturated heterocycles. The average Bonchev–Trinajstić information content (AvgIpc) is 3.85. The van der Waals surface area contributed by atoms with Crippen molar-refractivity contribution in [2.75, 3.05) is 114 Å². The first-order valence-electron chi connectivity index (χ1n) is 29.9. The van der Waals surface area contributed by atoms with Gasteiger partial charge in [0.1, 0.15) is 6.04 Å². The molecule has 1 aliphatic carbocycles. The number of nitrogens with zero attached hydrogens (tertiary/aromatic N) is 6. The van der Waals surface area contributed by atoms with Crippen LogP contribution in [0.3, 0.4) is 0 Å². The minimum Gasteiger partial charge on any atom is -0.381 e. The molecule has 3 N–H and O–H groups in total. The molecule has 6 aliphatic rings. The number of ether oxygens (including phenoxy) is 1. The summed E-state index contributed by atoms with van der Waals surface area (Å²) in [6, 6.07) is 38.1. The smallest absolute Gasteiger partial charge is 0.264 e. The Balaban J connectivity index is 0.654. The van der Waals surface area contributed by atoms with Gasteiger partial charge in [0.2, 0.25) is 11.8 Å². The number of piperazine rings is 2. The van der Waals surface area contributed by atoms with Crippen molar-refractivity contribution in [3.8, 4) is 0 Å². The molecule has 0 radical (unpaired) electrons. The Bertz CT molecular complexity index is 3280. The van der Waals surface area contributed by atoms with Crippen molar-refractivity contribution in [3.63, 3.8) is 0 Å². The molecular weight excluding hydrogens is 1120 g/mol. The molecule has 5 aromatic carbocycles. The highest BCUT2D eigenvalue weighted by Gasteiger charge is 2.40. The molecule has 5 aromatic rings. The molecule has 0 bridgehead atoms. The molecule has 16 nitrogen and oxygen atoms in total. The SMILES string of the molecule is C[C@@]1(CN2CCN(Cc3ccc4c(c3)CN(C3CCC(=O)NC3=O)C4=O)CC2)CCC(c2ccc(Cl)cc2)=C(CN2CCN(c3ccc(C(=O)NS(=O)(=O)c4ccc(N[C@H](CCN5CCCOCC5)CSc5ccccc5)cc4)cc3)CC2)C1. The molecule has 84 heavy (non-hydrogen) atoms. The number of carbonyl (C=O) groups excluding carboxylic acids is 4. The van der Waals surface area contributed by atoms with E-state index in [1.165, 1.54) is 21.6 Å².